The molecule has 1 aromatic rings. The molecule has 0 spiro atoms. The van der Waals surface area contributed by atoms with E-state index in [-0.39, 0.29) is 12.4 Å². The molecule has 0 amide bonds. The summed E-state index contributed by atoms with van der Waals surface area (Å²) in [5, 5.41) is 3.51. The van der Waals surface area contributed by atoms with E-state index in [4.69, 9.17) is 0 Å². The third-order valence-electron chi connectivity index (χ3n) is 4.67. The molecule has 1 N–H and O–H groups in total. The first kappa shape index (κ1) is 14.7. The Morgan fingerprint density at radius 1 is 1.37 bits per heavy atom. The Balaban J connectivity index is 0.00000133. The van der Waals surface area contributed by atoms with Crippen LogP contribution in [-0.2, 0) is 0 Å². The van der Waals surface area contributed by atoms with Gasteiger partial charge in [-0.15, -0.1) is 12.4 Å². The lowest BCUT2D eigenvalue weighted by molar-refractivity contribution is 0.359. The topological polar surface area (TPSA) is 15.3 Å². The molecule has 0 radical (unpaired) electrons. The number of nitrogens with zero attached hydrogens (tertiary/aromatic N) is 1. The SMILES string of the molecule is CC1CCN(CC2(C)CCNC2)c2ccccc21.Cl. The van der Waals surface area contributed by atoms with Gasteiger partial charge < -0.3 is 10.2 Å². The van der Waals surface area contributed by atoms with Crippen molar-refractivity contribution in [3.63, 3.8) is 0 Å². The van der Waals surface area contributed by atoms with Gasteiger partial charge in [-0.2, -0.15) is 0 Å². The number of halogens is 1. The van der Waals surface area contributed by atoms with Crippen LogP contribution in [0.3, 0.4) is 0 Å². The van der Waals surface area contributed by atoms with Crippen LogP contribution >= 0.6 is 12.4 Å². The van der Waals surface area contributed by atoms with Gasteiger partial charge in [0.25, 0.3) is 0 Å². The van der Waals surface area contributed by atoms with E-state index >= 15 is 0 Å². The molecule has 3 rings (SSSR count). The average Bonchev–Trinajstić information content (AvgIpc) is 2.80. The highest BCUT2D eigenvalue weighted by atomic mass is 35.5. The standard InChI is InChI=1S/C16H24N2.ClH/c1-13-7-10-18(12-16(2)8-9-17-11-16)15-6-4-3-5-14(13)15;/h3-6,13,17H,7-12H2,1-2H3;1H. The number of nitrogens with one attached hydrogen (secondary N) is 1. The number of benzene rings is 1. The fraction of sp³-hybridized carbons (Fsp3) is 0.625. The van der Waals surface area contributed by atoms with Gasteiger partial charge in [-0.1, -0.05) is 32.0 Å². The molecule has 0 saturated carbocycles. The molecule has 1 fully saturated rings. The van der Waals surface area contributed by atoms with Crippen LogP contribution in [0.4, 0.5) is 5.69 Å². The number of fused-ring (bicyclic) bond motifs is 1. The van der Waals surface area contributed by atoms with Crippen LogP contribution in [0.1, 0.15) is 38.2 Å². The fourth-order valence-corrected chi connectivity index (χ4v) is 3.45. The second-order valence-electron chi connectivity index (χ2n) is 6.41. The molecule has 0 aliphatic carbocycles. The first-order valence-corrected chi connectivity index (χ1v) is 7.23. The Kier molecular flexibility index (Phi) is 4.42. The van der Waals surface area contributed by atoms with Gasteiger partial charge >= 0.3 is 0 Å². The number of hydrogen-bond donors (Lipinski definition) is 1. The highest BCUT2D eigenvalue weighted by Gasteiger charge is 2.32. The highest BCUT2D eigenvalue weighted by Crippen LogP contribution is 2.37. The van der Waals surface area contributed by atoms with Crippen LogP contribution in [0.25, 0.3) is 0 Å². The van der Waals surface area contributed by atoms with E-state index in [1.807, 2.05) is 0 Å². The van der Waals surface area contributed by atoms with Gasteiger partial charge in [0.2, 0.25) is 0 Å². The predicted octanol–water partition coefficient (Wildman–Crippen LogP) is 3.42. The lowest BCUT2D eigenvalue weighted by atomic mass is 9.86. The lowest BCUT2D eigenvalue weighted by Crippen LogP contribution is -2.40. The Morgan fingerprint density at radius 2 is 2.16 bits per heavy atom. The van der Waals surface area contributed by atoms with E-state index in [0.29, 0.717) is 11.3 Å². The molecule has 2 aliphatic rings. The molecular formula is C16H25ClN2. The van der Waals surface area contributed by atoms with Gasteiger partial charge in [0.15, 0.2) is 0 Å². The largest absolute Gasteiger partial charge is 0.371 e. The molecule has 1 saturated heterocycles. The van der Waals surface area contributed by atoms with Crippen molar-refractivity contribution in [2.24, 2.45) is 5.41 Å². The van der Waals surface area contributed by atoms with E-state index in [0.717, 1.165) is 0 Å². The quantitative estimate of drug-likeness (QED) is 0.893. The van der Waals surface area contributed by atoms with Crippen LogP contribution in [0.5, 0.6) is 0 Å². The van der Waals surface area contributed by atoms with E-state index in [1.165, 1.54) is 44.7 Å². The predicted molar refractivity (Wildman–Crippen MR) is 84.5 cm³/mol. The van der Waals surface area contributed by atoms with Crippen molar-refractivity contribution in [2.75, 3.05) is 31.1 Å². The molecule has 2 heterocycles. The molecule has 3 heteroatoms. The zero-order valence-electron chi connectivity index (χ0n) is 12.0. The molecule has 2 unspecified atom stereocenters. The second kappa shape index (κ2) is 5.72. The molecule has 0 bridgehead atoms. The Hall–Kier alpha value is -0.730. The molecular weight excluding hydrogens is 256 g/mol. The summed E-state index contributed by atoms with van der Waals surface area (Å²) in [6.45, 7) is 9.55. The number of hydrogen-bond acceptors (Lipinski definition) is 2. The summed E-state index contributed by atoms with van der Waals surface area (Å²) >= 11 is 0. The molecule has 106 valence electrons. The molecule has 2 atom stereocenters. The molecule has 0 aromatic heterocycles. The van der Waals surface area contributed by atoms with E-state index < -0.39 is 0 Å². The Labute approximate surface area is 123 Å². The number of para-hydroxylation sites is 1. The van der Waals surface area contributed by atoms with Crippen LogP contribution < -0.4 is 10.2 Å². The minimum atomic E-state index is 0. The van der Waals surface area contributed by atoms with Crippen LogP contribution in [-0.4, -0.2) is 26.2 Å². The minimum absolute atomic E-state index is 0. The van der Waals surface area contributed by atoms with Crippen molar-refractivity contribution in [3.05, 3.63) is 29.8 Å². The maximum atomic E-state index is 3.51. The fourth-order valence-electron chi connectivity index (χ4n) is 3.45. The first-order chi connectivity index (χ1) is 8.68. The van der Waals surface area contributed by atoms with E-state index in [1.54, 1.807) is 5.56 Å². The van der Waals surface area contributed by atoms with Crippen molar-refractivity contribution in [1.29, 1.82) is 0 Å². The number of rotatable bonds is 2. The highest BCUT2D eigenvalue weighted by molar-refractivity contribution is 5.85. The van der Waals surface area contributed by atoms with Gasteiger partial charge in [0, 0.05) is 25.3 Å². The smallest absolute Gasteiger partial charge is 0.0401 e. The molecule has 1 aromatic carbocycles. The zero-order valence-corrected chi connectivity index (χ0v) is 12.8. The van der Waals surface area contributed by atoms with Gasteiger partial charge in [0.05, 0.1) is 0 Å². The summed E-state index contributed by atoms with van der Waals surface area (Å²) < 4.78 is 0. The summed E-state index contributed by atoms with van der Waals surface area (Å²) in [5.41, 5.74) is 3.47. The van der Waals surface area contributed by atoms with Crippen molar-refractivity contribution in [2.45, 2.75) is 32.6 Å². The third-order valence-corrected chi connectivity index (χ3v) is 4.67. The maximum Gasteiger partial charge on any atom is 0.0401 e. The lowest BCUT2D eigenvalue weighted by Gasteiger charge is -2.39. The van der Waals surface area contributed by atoms with Crippen molar-refractivity contribution in [3.8, 4) is 0 Å². The van der Waals surface area contributed by atoms with Gasteiger partial charge in [-0.3, -0.25) is 0 Å². The van der Waals surface area contributed by atoms with Gasteiger partial charge in [0.1, 0.15) is 0 Å². The minimum Gasteiger partial charge on any atom is -0.371 e. The molecule has 2 nitrogen and oxygen atoms in total. The Bertz CT molecular complexity index is 427. The summed E-state index contributed by atoms with van der Waals surface area (Å²) in [6, 6.07) is 8.97. The second-order valence-corrected chi connectivity index (χ2v) is 6.41. The van der Waals surface area contributed by atoms with Crippen molar-refractivity contribution < 1.29 is 0 Å². The van der Waals surface area contributed by atoms with Crippen LogP contribution in [0, 0.1) is 5.41 Å². The van der Waals surface area contributed by atoms with Crippen molar-refractivity contribution >= 4 is 18.1 Å². The normalized spacial score (nSPS) is 29.8. The van der Waals surface area contributed by atoms with Gasteiger partial charge in [-0.05, 0) is 42.3 Å². The summed E-state index contributed by atoms with van der Waals surface area (Å²) in [5.74, 6) is 0.715. The Morgan fingerprint density at radius 3 is 2.89 bits per heavy atom. The van der Waals surface area contributed by atoms with Crippen molar-refractivity contribution in [1.82, 2.24) is 5.32 Å². The zero-order chi connectivity index (χ0) is 12.6. The summed E-state index contributed by atoms with van der Waals surface area (Å²) in [7, 11) is 0. The average molecular weight is 281 g/mol. The first-order valence-electron chi connectivity index (χ1n) is 7.23. The molecule has 19 heavy (non-hydrogen) atoms. The summed E-state index contributed by atoms with van der Waals surface area (Å²) in [6.07, 6.45) is 2.60. The number of anilines is 1. The maximum absolute atomic E-state index is 3.51. The van der Waals surface area contributed by atoms with Crippen LogP contribution in [0.15, 0.2) is 24.3 Å². The van der Waals surface area contributed by atoms with Crippen LogP contribution in [0.2, 0.25) is 0 Å². The van der Waals surface area contributed by atoms with E-state index in [2.05, 4.69) is 48.3 Å². The third kappa shape index (κ3) is 2.90. The van der Waals surface area contributed by atoms with E-state index in [9.17, 15) is 0 Å². The van der Waals surface area contributed by atoms with Gasteiger partial charge in [-0.25, -0.2) is 0 Å². The monoisotopic (exact) mass is 280 g/mol. The molecule has 2 aliphatic heterocycles. The summed E-state index contributed by atoms with van der Waals surface area (Å²) in [4.78, 5) is 2.61.